The van der Waals surface area contributed by atoms with Gasteiger partial charge in [-0.15, -0.1) is 0 Å². The van der Waals surface area contributed by atoms with Gasteiger partial charge in [0, 0.05) is 29.6 Å². The summed E-state index contributed by atoms with van der Waals surface area (Å²) in [6, 6.07) is 8.47. The molecule has 0 aromatic heterocycles. The van der Waals surface area contributed by atoms with E-state index in [9.17, 15) is 4.79 Å². The van der Waals surface area contributed by atoms with Gasteiger partial charge in [-0.1, -0.05) is 12.1 Å². The van der Waals surface area contributed by atoms with E-state index in [1.165, 1.54) is 9.13 Å². The van der Waals surface area contributed by atoms with Crippen LogP contribution in [0.25, 0.3) is 0 Å². The van der Waals surface area contributed by atoms with Crippen LogP contribution in [0.2, 0.25) is 0 Å². The molecule has 4 nitrogen and oxygen atoms in total. The van der Waals surface area contributed by atoms with E-state index >= 15 is 0 Å². The fraction of sp³-hybridized carbons (Fsp3) is 0.588. The Morgan fingerprint density at radius 1 is 0.955 bits per heavy atom. The molecule has 5 heteroatoms. The average Bonchev–Trinajstić information content (AvgIpc) is 2.52. The number of carbonyl (C=O) groups is 1. The first-order valence-corrected chi connectivity index (χ1v) is 8.92. The predicted octanol–water partition coefficient (Wildman–Crippen LogP) is 2.96. The second kappa shape index (κ2) is 13.0. The van der Waals surface area contributed by atoms with Gasteiger partial charge < -0.3 is 15.2 Å². The van der Waals surface area contributed by atoms with Crippen molar-refractivity contribution in [2.75, 3.05) is 33.0 Å². The lowest BCUT2D eigenvalue weighted by Crippen LogP contribution is -2.12. The molecule has 0 saturated carbocycles. The monoisotopic (exact) mass is 419 g/mol. The Morgan fingerprint density at radius 3 is 2.27 bits per heavy atom. The third-order valence-corrected chi connectivity index (χ3v) is 3.93. The van der Waals surface area contributed by atoms with E-state index in [0.717, 1.165) is 19.3 Å². The summed E-state index contributed by atoms with van der Waals surface area (Å²) < 4.78 is 11.8. The molecule has 0 fully saturated rings. The normalized spacial score (nSPS) is 10.8. The molecule has 0 spiro atoms. The summed E-state index contributed by atoms with van der Waals surface area (Å²) in [5.74, 6) is 0.327. The summed E-state index contributed by atoms with van der Waals surface area (Å²) in [6.45, 7) is 2.87. The molecule has 0 radical (unpaired) electrons. The van der Waals surface area contributed by atoms with Crippen LogP contribution in [-0.4, -0.2) is 38.8 Å². The summed E-state index contributed by atoms with van der Waals surface area (Å²) in [7, 11) is 0. The second-order valence-electron chi connectivity index (χ2n) is 5.14. The van der Waals surface area contributed by atoms with Crippen LogP contribution in [0.1, 0.15) is 31.2 Å². The first-order chi connectivity index (χ1) is 10.7. The first kappa shape index (κ1) is 19.5. The number of hydrogen-bond acceptors (Lipinski definition) is 4. The number of aryl methyl sites for hydroxylation is 1. The molecule has 0 unspecified atom stereocenters. The van der Waals surface area contributed by atoms with Crippen LogP contribution in [0.5, 0.6) is 0 Å². The number of hydrogen-bond donors (Lipinski definition) is 1. The van der Waals surface area contributed by atoms with Crippen molar-refractivity contribution >= 4 is 28.4 Å². The molecule has 2 N–H and O–H groups in total. The van der Waals surface area contributed by atoms with Gasteiger partial charge in [-0.05, 0) is 59.5 Å². The summed E-state index contributed by atoms with van der Waals surface area (Å²) in [4.78, 5) is 11.8. The Hall–Kier alpha value is -0.500. The van der Waals surface area contributed by atoms with Gasteiger partial charge in [0.25, 0.3) is 0 Å². The van der Waals surface area contributed by atoms with E-state index < -0.39 is 0 Å². The summed E-state index contributed by atoms with van der Waals surface area (Å²) >= 11 is 2.30. The number of ether oxygens (including phenoxy) is 2. The maximum atomic E-state index is 11.8. The number of rotatable bonds is 13. The van der Waals surface area contributed by atoms with Crippen LogP contribution in [-0.2, 0) is 20.7 Å². The van der Waals surface area contributed by atoms with Crippen LogP contribution < -0.4 is 5.73 Å². The van der Waals surface area contributed by atoms with Crippen LogP contribution >= 0.6 is 22.6 Å². The average molecular weight is 419 g/mol. The highest BCUT2D eigenvalue weighted by molar-refractivity contribution is 14.1. The Kier molecular flexibility index (Phi) is 11.5. The number of nitrogens with two attached hydrogens (primary N) is 1. The summed E-state index contributed by atoms with van der Waals surface area (Å²) in [6.07, 6.45) is 3.95. The minimum absolute atomic E-state index is 0.327. The van der Waals surface area contributed by atoms with Crippen molar-refractivity contribution in [1.29, 1.82) is 0 Å². The van der Waals surface area contributed by atoms with E-state index in [4.69, 9.17) is 15.2 Å². The van der Waals surface area contributed by atoms with Crippen LogP contribution in [0, 0.1) is 3.57 Å². The highest BCUT2D eigenvalue weighted by Gasteiger charge is 2.02. The SMILES string of the molecule is NCCOCCOCCCC(=O)CCCc1ccc(I)cc1. The number of ketones is 1. The lowest BCUT2D eigenvalue weighted by molar-refractivity contribution is -0.119. The minimum atomic E-state index is 0.327. The number of carbonyl (C=O) groups excluding carboxylic acids is 1. The maximum Gasteiger partial charge on any atom is 0.133 e. The number of benzene rings is 1. The highest BCUT2D eigenvalue weighted by Crippen LogP contribution is 2.10. The molecule has 0 heterocycles. The molecule has 1 aromatic rings. The maximum absolute atomic E-state index is 11.8. The van der Waals surface area contributed by atoms with Crippen LogP contribution in [0.3, 0.4) is 0 Å². The Bertz CT molecular complexity index is 409. The van der Waals surface area contributed by atoms with E-state index in [1.54, 1.807) is 0 Å². The molecule has 124 valence electrons. The summed E-state index contributed by atoms with van der Waals surface area (Å²) in [5, 5.41) is 0. The summed E-state index contributed by atoms with van der Waals surface area (Å²) in [5.41, 5.74) is 6.60. The van der Waals surface area contributed by atoms with E-state index in [1.807, 2.05) is 0 Å². The van der Waals surface area contributed by atoms with E-state index in [2.05, 4.69) is 46.9 Å². The zero-order valence-electron chi connectivity index (χ0n) is 13.1. The number of Topliss-reactive ketones (excluding diaryl/α,β-unsaturated/α-hetero) is 1. The molecule has 1 aromatic carbocycles. The van der Waals surface area contributed by atoms with Gasteiger partial charge in [0.05, 0.1) is 19.8 Å². The van der Waals surface area contributed by atoms with Gasteiger partial charge in [0.15, 0.2) is 0 Å². The highest BCUT2D eigenvalue weighted by atomic mass is 127. The van der Waals surface area contributed by atoms with Crippen molar-refractivity contribution in [2.24, 2.45) is 5.73 Å². The third-order valence-electron chi connectivity index (χ3n) is 3.21. The molecule has 1 rings (SSSR count). The van der Waals surface area contributed by atoms with Crippen molar-refractivity contribution in [1.82, 2.24) is 0 Å². The minimum Gasteiger partial charge on any atom is -0.379 e. The third kappa shape index (κ3) is 10.3. The van der Waals surface area contributed by atoms with Crippen LogP contribution in [0.4, 0.5) is 0 Å². The first-order valence-electron chi connectivity index (χ1n) is 7.84. The topological polar surface area (TPSA) is 61.6 Å². The van der Waals surface area contributed by atoms with Gasteiger partial charge in [-0.2, -0.15) is 0 Å². The van der Waals surface area contributed by atoms with Crippen molar-refractivity contribution in [2.45, 2.75) is 32.1 Å². The van der Waals surface area contributed by atoms with E-state index in [-0.39, 0.29) is 0 Å². The van der Waals surface area contributed by atoms with Crippen molar-refractivity contribution in [3.63, 3.8) is 0 Å². The molecule has 0 amide bonds. The van der Waals surface area contributed by atoms with Gasteiger partial charge in [0.1, 0.15) is 5.78 Å². The molecule has 0 atom stereocenters. The fourth-order valence-corrected chi connectivity index (χ4v) is 2.40. The lowest BCUT2D eigenvalue weighted by atomic mass is 10.0. The predicted molar refractivity (Wildman–Crippen MR) is 97.0 cm³/mol. The lowest BCUT2D eigenvalue weighted by Gasteiger charge is -2.05. The van der Waals surface area contributed by atoms with Gasteiger partial charge in [-0.25, -0.2) is 0 Å². The van der Waals surface area contributed by atoms with Crippen molar-refractivity contribution in [3.05, 3.63) is 33.4 Å². The molecule has 22 heavy (non-hydrogen) atoms. The Balaban J connectivity index is 1.94. The molecule has 0 aliphatic rings. The molecule has 0 saturated heterocycles. The largest absolute Gasteiger partial charge is 0.379 e. The van der Waals surface area contributed by atoms with Gasteiger partial charge >= 0.3 is 0 Å². The second-order valence-corrected chi connectivity index (χ2v) is 6.38. The smallest absolute Gasteiger partial charge is 0.133 e. The Morgan fingerprint density at radius 2 is 1.59 bits per heavy atom. The van der Waals surface area contributed by atoms with Crippen molar-refractivity contribution < 1.29 is 14.3 Å². The molecular formula is C17H26INO3. The standard InChI is InChI=1S/C17H26INO3/c18-16-8-6-15(7-9-16)3-1-4-17(20)5-2-11-21-13-14-22-12-10-19/h6-9H,1-5,10-14,19H2. The fourth-order valence-electron chi connectivity index (χ4n) is 2.04. The van der Waals surface area contributed by atoms with Gasteiger partial charge in [0.2, 0.25) is 0 Å². The molecule has 0 aliphatic heterocycles. The zero-order chi connectivity index (χ0) is 16.0. The zero-order valence-corrected chi connectivity index (χ0v) is 15.2. The van der Waals surface area contributed by atoms with Crippen molar-refractivity contribution in [3.8, 4) is 0 Å². The quantitative estimate of drug-likeness (QED) is 0.395. The molecule has 0 bridgehead atoms. The van der Waals surface area contributed by atoms with Gasteiger partial charge in [-0.3, -0.25) is 4.79 Å². The van der Waals surface area contributed by atoms with E-state index in [0.29, 0.717) is 51.6 Å². The van der Waals surface area contributed by atoms with Crippen LogP contribution in [0.15, 0.2) is 24.3 Å². The number of halogens is 1. The molecule has 0 aliphatic carbocycles. The Labute approximate surface area is 146 Å². The molecular weight excluding hydrogens is 393 g/mol.